The van der Waals surface area contributed by atoms with Crippen LogP contribution in [0, 0.1) is 11.8 Å². The summed E-state index contributed by atoms with van der Waals surface area (Å²) in [7, 11) is 1.37. The van der Waals surface area contributed by atoms with Gasteiger partial charge in [-0.15, -0.1) is 0 Å². The quantitative estimate of drug-likeness (QED) is 0.570. The molecule has 1 heterocycles. The Balaban J connectivity index is 1.83. The van der Waals surface area contributed by atoms with Crippen molar-refractivity contribution in [3.05, 3.63) is 95.6 Å². The number of β-amino-alcohol motifs (C(OH)–C–C–N with tert-alkyl or cyclic N) is 1. The van der Waals surface area contributed by atoms with Crippen molar-refractivity contribution in [2.75, 3.05) is 13.7 Å². The highest BCUT2D eigenvalue weighted by Gasteiger charge is 2.60. The molecule has 0 aromatic heterocycles. The molecular weight excluding hydrogens is 426 g/mol. The summed E-state index contributed by atoms with van der Waals surface area (Å²) in [6.45, 7) is 4.04. The van der Waals surface area contributed by atoms with E-state index >= 15 is 0 Å². The topological polar surface area (TPSA) is 70.0 Å². The van der Waals surface area contributed by atoms with Crippen LogP contribution in [0.5, 0.6) is 0 Å². The number of hydrogen-bond acceptors (Lipinski definition) is 5. The van der Waals surface area contributed by atoms with Crippen molar-refractivity contribution in [1.29, 1.82) is 0 Å². The summed E-state index contributed by atoms with van der Waals surface area (Å²) in [5.41, 5.74) is 4.51. The molecule has 0 spiro atoms. The van der Waals surface area contributed by atoms with E-state index in [9.17, 15) is 15.0 Å². The minimum atomic E-state index is -0.887. The average molecular weight is 458 g/mol. The summed E-state index contributed by atoms with van der Waals surface area (Å²) in [6.07, 6.45) is -1.74. The minimum absolute atomic E-state index is 0.123. The first-order valence-electron chi connectivity index (χ1n) is 11.9. The Bertz CT molecular complexity index is 1150. The van der Waals surface area contributed by atoms with Crippen LogP contribution in [0.4, 0.5) is 0 Å². The van der Waals surface area contributed by atoms with Crippen molar-refractivity contribution < 1.29 is 19.7 Å². The molecular formula is C29H31NO4. The highest BCUT2D eigenvalue weighted by molar-refractivity contribution is 5.84. The van der Waals surface area contributed by atoms with Gasteiger partial charge in [0.25, 0.3) is 0 Å². The number of carbonyl (C=O) groups is 1. The lowest BCUT2D eigenvalue weighted by Crippen LogP contribution is -2.55. The van der Waals surface area contributed by atoms with E-state index in [1.54, 1.807) is 0 Å². The lowest BCUT2D eigenvalue weighted by molar-refractivity contribution is -0.151. The lowest BCUT2D eigenvalue weighted by Gasteiger charge is -2.44. The molecule has 2 N–H and O–H groups in total. The molecule has 3 aromatic rings. The van der Waals surface area contributed by atoms with Gasteiger partial charge < -0.3 is 14.9 Å². The Morgan fingerprint density at radius 2 is 1.47 bits per heavy atom. The van der Waals surface area contributed by atoms with Crippen LogP contribution in [0.25, 0.3) is 11.1 Å². The first-order chi connectivity index (χ1) is 16.4. The summed E-state index contributed by atoms with van der Waals surface area (Å²) >= 11 is 0. The zero-order valence-electron chi connectivity index (χ0n) is 19.8. The van der Waals surface area contributed by atoms with Gasteiger partial charge in [-0.1, -0.05) is 92.7 Å². The third-order valence-corrected chi connectivity index (χ3v) is 7.59. The molecule has 176 valence electrons. The summed E-state index contributed by atoms with van der Waals surface area (Å²) in [6, 6.07) is 25.8. The molecule has 4 atom stereocenters. The Hall–Kier alpha value is -2.99. The summed E-state index contributed by atoms with van der Waals surface area (Å²) in [4.78, 5) is 15.4. The number of rotatable bonds is 5. The van der Waals surface area contributed by atoms with Crippen LogP contribution in [0.1, 0.15) is 30.5 Å². The molecule has 5 heteroatoms. The van der Waals surface area contributed by atoms with E-state index in [-0.39, 0.29) is 12.5 Å². The number of ether oxygens (including phenoxy) is 1. The highest BCUT2D eigenvalue weighted by Crippen LogP contribution is 2.56. The zero-order chi connectivity index (χ0) is 24.0. The molecule has 0 amide bonds. The lowest BCUT2D eigenvalue weighted by atomic mass is 9.77. The molecule has 1 fully saturated rings. The predicted molar refractivity (Wildman–Crippen MR) is 131 cm³/mol. The monoisotopic (exact) mass is 457 g/mol. The van der Waals surface area contributed by atoms with Crippen molar-refractivity contribution in [2.45, 2.75) is 37.6 Å². The van der Waals surface area contributed by atoms with Gasteiger partial charge in [-0.25, -0.2) is 0 Å². The van der Waals surface area contributed by atoms with E-state index in [4.69, 9.17) is 4.74 Å². The van der Waals surface area contributed by atoms with E-state index < -0.39 is 35.7 Å². The van der Waals surface area contributed by atoms with E-state index in [1.807, 2.05) is 56.3 Å². The SMILES string of the molecule is COC(=O)[C@@H]1[C@@H]([C@@H](O)C(C)C)[C@H](O)CN1C1(c2ccccc2)c2ccccc2-c2ccccc21. The molecule has 1 aliphatic heterocycles. The van der Waals surface area contributed by atoms with E-state index in [1.165, 1.54) is 7.11 Å². The Labute approximate surface area is 200 Å². The van der Waals surface area contributed by atoms with Gasteiger partial charge in [-0.05, 0) is 33.7 Å². The largest absolute Gasteiger partial charge is 0.468 e. The van der Waals surface area contributed by atoms with Crippen molar-refractivity contribution in [2.24, 2.45) is 11.8 Å². The zero-order valence-corrected chi connectivity index (χ0v) is 19.8. The maximum Gasteiger partial charge on any atom is 0.323 e. The van der Waals surface area contributed by atoms with Crippen molar-refractivity contribution in [3.63, 3.8) is 0 Å². The molecule has 0 saturated carbocycles. The van der Waals surface area contributed by atoms with Crippen LogP contribution in [0.2, 0.25) is 0 Å². The second-order valence-corrected chi connectivity index (χ2v) is 9.67. The highest BCUT2D eigenvalue weighted by atomic mass is 16.5. The number of fused-ring (bicyclic) bond motifs is 3. The fourth-order valence-corrected chi connectivity index (χ4v) is 6.14. The van der Waals surface area contributed by atoms with Gasteiger partial charge in [0.05, 0.1) is 24.9 Å². The summed E-state index contributed by atoms with van der Waals surface area (Å²) in [5.74, 6) is -1.24. The Kier molecular flexibility index (Phi) is 5.80. The molecule has 0 radical (unpaired) electrons. The third kappa shape index (κ3) is 3.15. The summed E-state index contributed by atoms with van der Waals surface area (Å²) in [5, 5.41) is 22.4. The molecule has 34 heavy (non-hydrogen) atoms. The van der Waals surface area contributed by atoms with Gasteiger partial charge in [0.2, 0.25) is 0 Å². The van der Waals surface area contributed by atoms with Crippen LogP contribution in [-0.2, 0) is 15.1 Å². The number of esters is 1. The Morgan fingerprint density at radius 1 is 0.941 bits per heavy atom. The molecule has 0 bridgehead atoms. The molecule has 0 unspecified atom stereocenters. The van der Waals surface area contributed by atoms with Gasteiger partial charge in [-0.2, -0.15) is 0 Å². The standard InChI is InChI=1S/C29H31NO4/c1-18(2)27(32)25-24(31)17-30(26(25)28(33)34-3)29(19-11-5-4-6-12-19)22-15-9-7-13-20(22)21-14-8-10-16-23(21)29/h4-16,18,24-27,31-32H,17H2,1-3H3/t24-,25+,26+,27+/m1/s1. The van der Waals surface area contributed by atoms with Gasteiger partial charge >= 0.3 is 5.97 Å². The van der Waals surface area contributed by atoms with Crippen molar-refractivity contribution >= 4 is 5.97 Å². The van der Waals surface area contributed by atoms with Gasteiger partial charge in [0.1, 0.15) is 6.04 Å². The van der Waals surface area contributed by atoms with Crippen LogP contribution in [-0.4, -0.2) is 53.0 Å². The molecule has 3 aromatic carbocycles. The van der Waals surface area contributed by atoms with Crippen molar-refractivity contribution in [1.82, 2.24) is 4.90 Å². The van der Waals surface area contributed by atoms with E-state index in [2.05, 4.69) is 41.3 Å². The minimum Gasteiger partial charge on any atom is -0.468 e. The van der Waals surface area contributed by atoms with Gasteiger partial charge in [0, 0.05) is 12.5 Å². The third-order valence-electron chi connectivity index (χ3n) is 7.59. The number of benzene rings is 3. The molecule has 1 aliphatic carbocycles. The number of hydrogen-bond donors (Lipinski definition) is 2. The molecule has 1 saturated heterocycles. The van der Waals surface area contributed by atoms with Gasteiger partial charge in [0.15, 0.2) is 0 Å². The second-order valence-electron chi connectivity index (χ2n) is 9.67. The number of carbonyl (C=O) groups excluding carboxylic acids is 1. The van der Waals surface area contributed by atoms with E-state index in [0.717, 1.165) is 27.8 Å². The van der Waals surface area contributed by atoms with E-state index in [0.29, 0.717) is 0 Å². The molecule has 5 rings (SSSR count). The van der Waals surface area contributed by atoms with Crippen LogP contribution < -0.4 is 0 Å². The molecule has 5 nitrogen and oxygen atoms in total. The van der Waals surface area contributed by atoms with Gasteiger partial charge in [-0.3, -0.25) is 9.69 Å². The number of nitrogens with zero attached hydrogens (tertiary/aromatic N) is 1. The molecule has 2 aliphatic rings. The van der Waals surface area contributed by atoms with Crippen LogP contribution in [0.3, 0.4) is 0 Å². The maximum absolute atomic E-state index is 13.4. The number of aliphatic hydroxyl groups excluding tert-OH is 2. The fraction of sp³-hybridized carbons (Fsp3) is 0.345. The maximum atomic E-state index is 13.4. The fourth-order valence-electron chi connectivity index (χ4n) is 6.14. The van der Waals surface area contributed by atoms with Crippen molar-refractivity contribution in [3.8, 4) is 11.1 Å². The normalized spacial score (nSPS) is 24.0. The van der Waals surface area contributed by atoms with Crippen LogP contribution in [0.15, 0.2) is 78.9 Å². The number of aliphatic hydroxyl groups is 2. The summed E-state index contributed by atoms with van der Waals surface area (Å²) < 4.78 is 5.29. The van der Waals surface area contributed by atoms with Crippen LogP contribution >= 0.6 is 0 Å². The first-order valence-corrected chi connectivity index (χ1v) is 11.9. The number of methoxy groups -OCH3 is 1. The first kappa shape index (κ1) is 22.8. The predicted octanol–water partition coefficient (Wildman–Crippen LogP) is 3.81. The average Bonchev–Trinajstić information content (AvgIpc) is 3.36. The number of likely N-dealkylation sites (tertiary alicyclic amines) is 1. The smallest absolute Gasteiger partial charge is 0.323 e. The second kappa shape index (κ2) is 8.66. The Morgan fingerprint density at radius 3 is 2.00 bits per heavy atom.